The standard InChI is InChI=1S/C11H13FO4/c1-6(2)16-8-5-4-7(11(13)14)10(15-3)9(8)12/h4-6H,1-3H3,(H,13,14). The second-order valence-electron chi connectivity index (χ2n) is 3.43. The number of hydrogen-bond acceptors (Lipinski definition) is 3. The zero-order chi connectivity index (χ0) is 12.3. The van der Waals surface area contributed by atoms with Crippen molar-refractivity contribution in [3.05, 3.63) is 23.5 Å². The van der Waals surface area contributed by atoms with Crippen LogP contribution in [0.5, 0.6) is 11.5 Å². The van der Waals surface area contributed by atoms with Crippen LogP contribution in [0.1, 0.15) is 24.2 Å². The summed E-state index contributed by atoms with van der Waals surface area (Å²) in [6, 6.07) is 2.53. The molecular formula is C11H13FO4. The Labute approximate surface area is 92.6 Å². The van der Waals surface area contributed by atoms with Gasteiger partial charge in [-0.15, -0.1) is 0 Å². The molecule has 0 aliphatic heterocycles. The molecule has 1 rings (SSSR count). The van der Waals surface area contributed by atoms with Crippen molar-refractivity contribution in [3.63, 3.8) is 0 Å². The molecule has 88 valence electrons. The van der Waals surface area contributed by atoms with Crippen LogP contribution in [0.3, 0.4) is 0 Å². The molecule has 0 aliphatic carbocycles. The molecule has 5 heteroatoms. The first-order valence-electron chi connectivity index (χ1n) is 4.73. The van der Waals surface area contributed by atoms with Crippen molar-refractivity contribution in [1.82, 2.24) is 0 Å². The monoisotopic (exact) mass is 228 g/mol. The number of hydrogen-bond donors (Lipinski definition) is 1. The largest absolute Gasteiger partial charge is 0.493 e. The third-order valence-electron chi connectivity index (χ3n) is 1.86. The topological polar surface area (TPSA) is 55.8 Å². The summed E-state index contributed by atoms with van der Waals surface area (Å²) in [5.41, 5.74) is -0.226. The van der Waals surface area contributed by atoms with Gasteiger partial charge in [-0.2, -0.15) is 4.39 Å². The highest BCUT2D eigenvalue weighted by Crippen LogP contribution is 2.30. The minimum Gasteiger partial charge on any atom is -0.493 e. The zero-order valence-electron chi connectivity index (χ0n) is 9.28. The lowest BCUT2D eigenvalue weighted by Gasteiger charge is -2.13. The Morgan fingerprint density at radius 3 is 2.50 bits per heavy atom. The Hall–Kier alpha value is -1.78. The lowest BCUT2D eigenvalue weighted by atomic mass is 10.2. The quantitative estimate of drug-likeness (QED) is 0.859. The van der Waals surface area contributed by atoms with Gasteiger partial charge >= 0.3 is 5.97 Å². The molecule has 1 aromatic rings. The minimum atomic E-state index is -1.24. The molecule has 0 amide bonds. The van der Waals surface area contributed by atoms with Gasteiger partial charge in [0.05, 0.1) is 13.2 Å². The van der Waals surface area contributed by atoms with Crippen LogP contribution in [0.25, 0.3) is 0 Å². The third kappa shape index (κ3) is 2.42. The van der Waals surface area contributed by atoms with Gasteiger partial charge in [0.15, 0.2) is 11.5 Å². The van der Waals surface area contributed by atoms with Gasteiger partial charge in [0.25, 0.3) is 0 Å². The summed E-state index contributed by atoms with van der Waals surface area (Å²) >= 11 is 0. The van der Waals surface area contributed by atoms with E-state index in [1.54, 1.807) is 13.8 Å². The highest BCUT2D eigenvalue weighted by atomic mass is 19.1. The van der Waals surface area contributed by atoms with Crippen molar-refractivity contribution < 1.29 is 23.8 Å². The molecule has 0 saturated heterocycles. The van der Waals surface area contributed by atoms with E-state index in [1.807, 2.05) is 0 Å². The highest BCUT2D eigenvalue weighted by Gasteiger charge is 2.19. The number of benzene rings is 1. The van der Waals surface area contributed by atoms with Crippen LogP contribution in [0, 0.1) is 5.82 Å². The average molecular weight is 228 g/mol. The number of aromatic carboxylic acids is 1. The van der Waals surface area contributed by atoms with E-state index >= 15 is 0 Å². The summed E-state index contributed by atoms with van der Waals surface area (Å²) in [6.45, 7) is 3.49. The Balaban J connectivity index is 3.23. The van der Waals surface area contributed by atoms with E-state index < -0.39 is 11.8 Å². The molecule has 4 nitrogen and oxygen atoms in total. The molecule has 0 spiro atoms. The summed E-state index contributed by atoms with van der Waals surface area (Å²) in [5, 5.41) is 8.81. The fraction of sp³-hybridized carbons (Fsp3) is 0.364. The molecule has 0 unspecified atom stereocenters. The van der Waals surface area contributed by atoms with Crippen LogP contribution in [0.2, 0.25) is 0 Å². The third-order valence-corrected chi connectivity index (χ3v) is 1.86. The number of carboxylic acid groups (broad SMARTS) is 1. The van der Waals surface area contributed by atoms with Crippen LogP contribution >= 0.6 is 0 Å². The predicted molar refractivity (Wildman–Crippen MR) is 55.7 cm³/mol. The second kappa shape index (κ2) is 4.83. The first-order valence-corrected chi connectivity index (χ1v) is 4.73. The number of carbonyl (C=O) groups is 1. The SMILES string of the molecule is COc1c(C(=O)O)ccc(OC(C)C)c1F. The summed E-state index contributed by atoms with van der Waals surface area (Å²) in [4.78, 5) is 10.8. The van der Waals surface area contributed by atoms with E-state index in [4.69, 9.17) is 14.6 Å². The van der Waals surface area contributed by atoms with Crippen molar-refractivity contribution in [1.29, 1.82) is 0 Å². The van der Waals surface area contributed by atoms with Gasteiger partial charge in [-0.25, -0.2) is 4.79 Å². The number of ether oxygens (including phenoxy) is 2. The first-order chi connectivity index (χ1) is 7.47. The Kier molecular flexibility index (Phi) is 3.71. The predicted octanol–water partition coefficient (Wildman–Crippen LogP) is 2.32. The van der Waals surface area contributed by atoms with Gasteiger partial charge in [0.2, 0.25) is 5.82 Å². The maximum Gasteiger partial charge on any atom is 0.339 e. The van der Waals surface area contributed by atoms with Crippen LogP contribution in [-0.2, 0) is 0 Å². The van der Waals surface area contributed by atoms with Gasteiger partial charge in [0.1, 0.15) is 5.56 Å². The number of rotatable bonds is 4. The Morgan fingerprint density at radius 1 is 1.44 bits per heavy atom. The molecule has 0 bridgehead atoms. The van der Waals surface area contributed by atoms with E-state index in [0.29, 0.717) is 0 Å². The lowest BCUT2D eigenvalue weighted by Crippen LogP contribution is -2.09. The van der Waals surface area contributed by atoms with Gasteiger partial charge in [-0.05, 0) is 26.0 Å². The zero-order valence-corrected chi connectivity index (χ0v) is 9.28. The first kappa shape index (κ1) is 12.3. The maximum atomic E-state index is 13.7. The van der Waals surface area contributed by atoms with Gasteiger partial charge < -0.3 is 14.6 Å². The number of halogens is 1. The molecule has 0 radical (unpaired) electrons. The lowest BCUT2D eigenvalue weighted by molar-refractivity contribution is 0.0692. The van der Waals surface area contributed by atoms with Crippen molar-refractivity contribution in [2.45, 2.75) is 20.0 Å². The van der Waals surface area contributed by atoms with Gasteiger partial charge in [-0.1, -0.05) is 0 Å². The smallest absolute Gasteiger partial charge is 0.339 e. The van der Waals surface area contributed by atoms with E-state index in [9.17, 15) is 9.18 Å². The summed E-state index contributed by atoms with van der Waals surface area (Å²) in [7, 11) is 1.21. The molecule has 0 fully saturated rings. The molecule has 0 heterocycles. The van der Waals surface area contributed by atoms with Crippen molar-refractivity contribution in [3.8, 4) is 11.5 Å². The summed E-state index contributed by atoms with van der Waals surface area (Å²) in [6.07, 6.45) is -0.199. The van der Waals surface area contributed by atoms with Gasteiger partial charge in [-0.3, -0.25) is 0 Å². The Bertz CT molecular complexity index is 401. The maximum absolute atomic E-state index is 13.7. The molecular weight excluding hydrogens is 215 g/mol. The van der Waals surface area contributed by atoms with Crippen LogP contribution in [0.15, 0.2) is 12.1 Å². The Morgan fingerprint density at radius 2 is 2.06 bits per heavy atom. The van der Waals surface area contributed by atoms with Crippen LogP contribution in [0.4, 0.5) is 4.39 Å². The van der Waals surface area contributed by atoms with E-state index in [0.717, 1.165) is 0 Å². The molecule has 16 heavy (non-hydrogen) atoms. The van der Waals surface area contributed by atoms with Gasteiger partial charge in [0, 0.05) is 0 Å². The van der Waals surface area contributed by atoms with Crippen LogP contribution < -0.4 is 9.47 Å². The normalized spacial score (nSPS) is 10.3. The summed E-state index contributed by atoms with van der Waals surface area (Å²) < 4.78 is 23.6. The molecule has 1 N–H and O–H groups in total. The molecule has 0 aliphatic rings. The number of methoxy groups -OCH3 is 1. The second-order valence-corrected chi connectivity index (χ2v) is 3.43. The summed E-state index contributed by atoms with van der Waals surface area (Å²) in [5.74, 6) is -2.37. The van der Waals surface area contributed by atoms with E-state index in [1.165, 1.54) is 19.2 Å². The number of carboxylic acids is 1. The van der Waals surface area contributed by atoms with Crippen molar-refractivity contribution >= 4 is 5.97 Å². The average Bonchev–Trinajstić information content (AvgIpc) is 2.19. The van der Waals surface area contributed by atoms with E-state index in [2.05, 4.69) is 0 Å². The fourth-order valence-corrected chi connectivity index (χ4v) is 1.25. The van der Waals surface area contributed by atoms with Crippen LogP contribution in [-0.4, -0.2) is 24.3 Å². The van der Waals surface area contributed by atoms with Crippen molar-refractivity contribution in [2.24, 2.45) is 0 Å². The molecule has 0 aromatic heterocycles. The fourth-order valence-electron chi connectivity index (χ4n) is 1.25. The highest BCUT2D eigenvalue weighted by molar-refractivity contribution is 5.91. The van der Waals surface area contributed by atoms with E-state index in [-0.39, 0.29) is 23.2 Å². The van der Waals surface area contributed by atoms with Crippen molar-refractivity contribution in [2.75, 3.05) is 7.11 Å². The molecule has 0 saturated carbocycles. The minimum absolute atomic E-state index is 0.0168. The molecule has 0 atom stereocenters. The molecule has 1 aromatic carbocycles.